The van der Waals surface area contributed by atoms with Crippen LogP contribution in [0.3, 0.4) is 0 Å². The van der Waals surface area contributed by atoms with E-state index in [1.165, 1.54) is 0 Å². The van der Waals surface area contributed by atoms with Gasteiger partial charge in [0.15, 0.2) is 11.2 Å². The van der Waals surface area contributed by atoms with Crippen LogP contribution in [0.2, 0.25) is 0 Å². The number of esters is 2. The Labute approximate surface area is 262 Å². The predicted molar refractivity (Wildman–Crippen MR) is 167 cm³/mol. The van der Waals surface area contributed by atoms with Gasteiger partial charge in [0.2, 0.25) is 0 Å². The first kappa shape index (κ1) is 31.5. The zero-order valence-electron chi connectivity index (χ0n) is 23.2. The van der Waals surface area contributed by atoms with Gasteiger partial charge in [0.05, 0.1) is 0 Å². The van der Waals surface area contributed by atoms with Crippen LogP contribution in [0.5, 0.6) is 0 Å². The van der Waals surface area contributed by atoms with E-state index in [1.54, 1.807) is 62.9 Å². The van der Waals surface area contributed by atoms with Gasteiger partial charge < -0.3 is 20.9 Å². The number of halogens is 2. The summed E-state index contributed by atoms with van der Waals surface area (Å²) in [5, 5.41) is 0. The molecule has 4 rings (SSSR count). The fraction of sp³-hybridized carbons (Fsp3) is 0.250. The number of ether oxygens (including phenoxy) is 2. The van der Waals surface area contributed by atoms with E-state index in [4.69, 9.17) is 20.9 Å². The number of rotatable bonds is 10. The molecule has 2 heterocycles. The van der Waals surface area contributed by atoms with Crippen molar-refractivity contribution in [3.63, 3.8) is 0 Å². The van der Waals surface area contributed by atoms with Crippen LogP contribution in [0.4, 0.5) is 0 Å². The van der Waals surface area contributed by atoms with Crippen molar-refractivity contribution >= 4 is 43.8 Å². The van der Waals surface area contributed by atoms with Gasteiger partial charge in [-0.15, -0.1) is 0 Å². The van der Waals surface area contributed by atoms with E-state index < -0.39 is 35.2 Å². The molecule has 4 atom stereocenters. The lowest BCUT2D eigenvalue weighted by Gasteiger charge is -2.37. The molecule has 42 heavy (non-hydrogen) atoms. The number of aromatic nitrogens is 2. The number of nitrogens with two attached hydrogens (primary N) is 2. The zero-order chi connectivity index (χ0) is 30.3. The second kappa shape index (κ2) is 13.7. The summed E-state index contributed by atoms with van der Waals surface area (Å²) in [5.74, 6) is -2.37. The number of hydrogen-bond acceptors (Lipinski definition) is 8. The van der Waals surface area contributed by atoms with Gasteiger partial charge in [0.25, 0.3) is 0 Å². The highest BCUT2D eigenvalue weighted by molar-refractivity contribution is 9.10. The molecule has 4 unspecified atom stereocenters. The lowest BCUT2D eigenvalue weighted by atomic mass is 9.81. The van der Waals surface area contributed by atoms with E-state index in [0.717, 1.165) is 8.95 Å². The largest absolute Gasteiger partial charge is 0.441 e. The molecule has 0 fully saturated rings. The fourth-order valence-corrected chi connectivity index (χ4v) is 5.60. The lowest BCUT2D eigenvalue weighted by molar-refractivity contribution is -0.184. The van der Waals surface area contributed by atoms with Gasteiger partial charge in [-0.25, -0.2) is 9.59 Å². The minimum absolute atomic E-state index is 0.180. The third kappa shape index (κ3) is 7.12. The SMILES string of the molecule is CC(N)CC(OC(=O)C(=O)OC(CC(C)N)(c1ccc(Br)cc1)c1cccnc1)(c1ccc(Br)cc1)c1cccnc1. The van der Waals surface area contributed by atoms with Crippen molar-refractivity contribution in [2.24, 2.45) is 11.5 Å². The normalized spacial score (nSPS) is 15.5. The molecule has 0 aliphatic rings. The summed E-state index contributed by atoms with van der Waals surface area (Å²) in [6.45, 7) is 3.61. The quantitative estimate of drug-likeness (QED) is 0.159. The van der Waals surface area contributed by atoms with E-state index in [1.807, 2.05) is 48.5 Å². The molecule has 4 N–H and O–H groups in total. The van der Waals surface area contributed by atoms with Crippen molar-refractivity contribution in [1.29, 1.82) is 0 Å². The molecule has 0 aliphatic carbocycles. The molecule has 218 valence electrons. The summed E-state index contributed by atoms with van der Waals surface area (Å²) in [5.41, 5.74) is 12.1. The third-order valence-corrected chi connectivity index (χ3v) is 7.85. The molecule has 2 aromatic carbocycles. The Hall–Kier alpha value is -3.44. The predicted octanol–water partition coefficient (Wildman–Crippen LogP) is 5.75. The Morgan fingerprint density at radius 3 is 1.31 bits per heavy atom. The number of carbonyl (C=O) groups is 2. The maximum atomic E-state index is 13.8. The molecule has 0 bridgehead atoms. The Bertz CT molecular complexity index is 1370. The fourth-order valence-electron chi connectivity index (χ4n) is 5.07. The van der Waals surface area contributed by atoms with Crippen molar-refractivity contribution in [2.75, 3.05) is 0 Å². The van der Waals surface area contributed by atoms with Gasteiger partial charge in [0, 0.05) is 80.9 Å². The highest BCUT2D eigenvalue weighted by Gasteiger charge is 2.45. The van der Waals surface area contributed by atoms with Crippen LogP contribution in [0, 0.1) is 0 Å². The minimum Gasteiger partial charge on any atom is -0.441 e. The number of nitrogens with zero attached hydrogens (tertiary/aromatic N) is 2. The number of benzene rings is 2. The van der Waals surface area contributed by atoms with Gasteiger partial charge in [0.1, 0.15) is 0 Å². The van der Waals surface area contributed by atoms with E-state index in [9.17, 15) is 9.59 Å². The highest BCUT2D eigenvalue weighted by Crippen LogP contribution is 2.41. The third-order valence-electron chi connectivity index (χ3n) is 6.80. The van der Waals surface area contributed by atoms with E-state index in [0.29, 0.717) is 22.3 Å². The van der Waals surface area contributed by atoms with Crippen LogP contribution in [0.15, 0.2) is 107 Å². The van der Waals surface area contributed by atoms with E-state index in [-0.39, 0.29) is 12.8 Å². The van der Waals surface area contributed by atoms with Crippen molar-refractivity contribution < 1.29 is 19.1 Å². The molecule has 10 heteroatoms. The van der Waals surface area contributed by atoms with E-state index >= 15 is 0 Å². The topological polar surface area (TPSA) is 130 Å². The number of pyridine rings is 2. The maximum Gasteiger partial charge on any atom is 0.418 e. The summed E-state index contributed by atoms with van der Waals surface area (Å²) in [7, 11) is 0. The molecule has 4 aromatic rings. The van der Waals surface area contributed by atoms with Gasteiger partial charge in [-0.05, 0) is 50.2 Å². The van der Waals surface area contributed by atoms with Gasteiger partial charge in [-0.3, -0.25) is 9.97 Å². The van der Waals surface area contributed by atoms with Crippen LogP contribution in [0.25, 0.3) is 0 Å². The first-order valence-corrected chi connectivity index (χ1v) is 14.9. The molecule has 0 saturated heterocycles. The molecule has 2 aromatic heterocycles. The molecule has 0 radical (unpaired) electrons. The molecule has 8 nitrogen and oxygen atoms in total. The van der Waals surface area contributed by atoms with Crippen LogP contribution < -0.4 is 11.5 Å². The highest BCUT2D eigenvalue weighted by atomic mass is 79.9. The summed E-state index contributed by atoms with van der Waals surface area (Å²) < 4.78 is 14.0. The van der Waals surface area contributed by atoms with E-state index in [2.05, 4.69) is 41.8 Å². The number of hydrogen-bond donors (Lipinski definition) is 2. The van der Waals surface area contributed by atoms with Crippen molar-refractivity contribution in [3.05, 3.63) is 129 Å². The number of carbonyl (C=O) groups excluding carboxylic acids is 2. The molecule has 0 saturated carbocycles. The van der Waals surface area contributed by atoms with Crippen LogP contribution in [-0.2, 0) is 30.3 Å². The lowest BCUT2D eigenvalue weighted by Crippen LogP contribution is -2.44. The summed E-state index contributed by atoms with van der Waals surface area (Å²) in [6, 6.07) is 20.8. The summed E-state index contributed by atoms with van der Waals surface area (Å²) in [4.78, 5) is 36.1. The Morgan fingerprint density at radius 2 is 1.02 bits per heavy atom. The van der Waals surface area contributed by atoms with Crippen molar-refractivity contribution in [3.8, 4) is 0 Å². The maximum absolute atomic E-state index is 13.8. The zero-order valence-corrected chi connectivity index (χ0v) is 26.4. The Morgan fingerprint density at radius 1 is 0.667 bits per heavy atom. The molecule has 0 spiro atoms. The average molecular weight is 696 g/mol. The van der Waals surface area contributed by atoms with Gasteiger partial charge in [-0.1, -0.05) is 68.3 Å². The summed E-state index contributed by atoms with van der Waals surface area (Å²) >= 11 is 6.92. The minimum atomic E-state index is -1.42. The van der Waals surface area contributed by atoms with Crippen LogP contribution >= 0.6 is 31.9 Å². The Balaban J connectivity index is 1.80. The Kier molecular flexibility index (Phi) is 10.3. The molecule has 0 amide bonds. The second-order valence-corrected chi connectivity index (χ2v) is 12.1. The first-order valence-electron chi connectivity index (χ1n) is 13.4. The standard InChI is InChI=1S/C32H32Br2N4O4/c1-21(35)17-31(25-5-3-15-37-19-25,23-7-11-27(33)12-8-23)41-29(39)30(40)42-32(18-22(2)36,26-6-4-16-38-20-26)24-9-13-28(34)14-10-24/h3-16,19-22H,17-18,35-36H2,1-2H3. The average Bonchev–Trinajstić information content (AvgIpc) is 2.97. The van der Waals surface area contributed by atoms with Crippen LogP contribution in [0.1, 0.15) is 48.9 Å². The molecular formula is C32H32Br2N4O4. The summed E-state index contributed by atoms with van der Waals surface area (Å²) in [6.07, 6.45) is 6.79. The first-order chi connectivity index (χ1) is 20.1. The van der Waals surface area contributed by atoms with Crippen LogP contribution in [-0.4, -0.2) is 34.0 Å². The van der Waals surface area contributed by atoms with Crippen molar-refractivity contribution in [2.45, 2.75) is 50.0 Å². The molecule has 0 aliphatic heterocycles. The molecular weight excluding hydrogens is 664 g/mol. The van der Waals surface area contributed by atoms with Gasteiger partial charge in [-0.2, -0.15) is 0 Å². The smallest absolute Gasteiger partial charge is 0.418 e. The van der Waals surface area contributed by atoms with Crippen molar-refractivity contribution in [1.82, 2.24) is 9.97 Å². The second-order valence-electron chi connectivity index (χ2n) is 10.3. The monoisotopic (exact) mass is 694 g/mol. The van der Waals surface area contributed by atoms with Gasteiger partial charge >= 0.3 is 11.9 Å².